The number of aliphatic hydroxyl groups is 1. The third kappa shape index (κ3) is 6.44. The van der Waals surface area contributed by atoms with Gasteiger partial charge in [0, 0.05) is 52.8 Å². The molecule has 9 nitrogen and oxygen atoms in total. The normalized spacial score (nSPS) is 12.8. The van der Waals surface area contributed by atoms with E-state index in [9.17, 15) is 9.90 Å². The average Bonchev–Trinajstić information content (AvgIpc) is 3.57. The SMILES string of the molecule is CC(C)(C)O.Cc1nc2cc(-c3cccc(-c4cnn(C)c4)c3)nn2c(-c2cc(F)c3c(c2C)CCCO3)c1CC(=O)O. The lowest BCUT2D eigenvalue weighted by Crippen LogP contribution is -2.14. The second kappa shape index (κ2) is 11.6. The molecule has 2 N–H and O–H groups in total. The number of hydrogen-bond acceptors (Lipinski definition) is 6. The van der Waals surface area contributed by atoms with E-state index in [2.05, 4.69) is 10.1 Å². The van der Waals surface area contributed by atoms with Gasteiger partial charge in [0.05, 0.1) is 36.2 Å². The predicted octanol–water partition coefficient (Wildman–Crippen LogP) is 5.95. The van der Waals surface area contributed by atoms with Crippen LogP contribution in [0.5, 0.6) is 5.75 Å². The Balaban J connectivity index is 0.000000682. The number of ether oxygens (including phenoxy) is 1. The average molecular weight is 586 g/mol. The van der Waals surface area contributed by atoms with Crippen molar-refractivity contribution < 1.29 is 24.1 Å². The molecule has 0 unspecified atom stereocenters. The van der Waals surface area contributed by atoms with Crippen LogP contribution in [-0.4, -0.2) is 52.8 Å². The first-order valence-electron chi connectivity index (χ1n) is 14.2. The van der Waals surface area contributed by atoms with Gasteiger partial charge in [0.1, 0.15) is 0 Å². The second-order valence-corrected chi connectivity index (χ2v) is 11.8. The third-order valence-corrected chi connectivity index (χ3v) is 7.12. The highest BCUT2D eigenvalue weighted by atomic mass is 19.1. The zero-order valence-electron chi connectivity index (χ0n) is 25.3. The Labute approximate surface area is 249 Å². The van der Waals surface area contributed by atoms with Crippen LogP contribution < -0.4 is 4.74 Å². The van der Waals surface area contributed by atoms with Crippen molar-refractivity contribution in [3.8, 4) is 39.4 Å². The van der Waals surface area contributed by atoms with Gasteiger partial charge in [0.2, 0.25) is 0 Å². The van der Waals surface area contributed by atoms with Gasteiger partial charge in [0.25, 0.3) is 0 Å². The van der Waals surface area contributed by atoms with E-state index in [1.165, 1.54) is 6.07 Å². The molecule has 10 heteroatoms. The van der Waals surface area contributed by atoms with Crippen molar-refractivity contribution >= 4 is 11.6 Å². The maximum atomic E-state index is 15.3. The highest BCUT2D eigenvalue weighted by molar-refractivity contribution is 5.80. The number of rotatable bonds is 5. The number of carboxylic acids is 1. The van der Waals surface area contributed by atoms with Gasteiger partial charge in [-0.1, -0.05) is 18.2 Å². The van der Waals surface area contributed by atoms with Gasteiger partial charge >= 0.3 is 5.97 Å². The Hall–Kier alpha value is -4.57. The number of aliphatic carboxylic acids is 1. The minimum absolute atomic E-state index is 0.259. The van der Waals surface area contributed by atoms with E-state index < -0.39 is 17.4 Å². The van der Waals surface area contributed by atoms with Gasteiger partial charge in [0.15, 0.2) is 17.2 Å². The molecule has 3 aromatic heterocycles. The van der Waals surface area contributed by atoms with Gasteiger partial charge in [-0.15, -0.1) is 0 Å². The Morgan fingerprint density at radius 1 is 1.12 bits per heavy atom. The van der Waals surface area contributed by atoms with E-state index in [0.29, 0.717) is 46.9 Å². The highest BCUT2D eigenvalue weighted by Gasteiger charge is 2.26. The molecule has 2 aromatic carbocycles. The van der Waals surface area contributed by atoms with Crippen LogP contribution in [0.25, 0.3) is 39.3 Å². The molecular weight excluding hydrogens is 549 g/mol. The fraction of sp³-hybridized carbons (Fsp3) is 0.333. The first-order chi connectivity index (χ1) is 20.3. The first kappa shape index (κ1) is 29.9. The lowest BCUT2D eigenvalue weighted by molar-refractivity contribution is -0.136. The summed E-state index contributed by atoms with van der Waals surface area (Å²) in [6, 6.07) is 11.3. The van der Waals surface area contributed by atoms with Crippen molar-refractivity contribution in [2.24, 2.45) is 7.05 Å². The number of nitrogens with zero attached hydrogens (tertiary/aromatic N) is 5. The van der Waals surface area contributed by atoms with E-state index in [-0.39, 0.29) is 12.2 Å². The van der Waals surface area contributed by atoms with Crippen molar-refractivity contribution in [2.45, 2.75) is 59.5 Å². The van der Waals surface area contributed by atoms with Gasteiger partial charge in [-0.25, -0.2) is 13.9 Å². The van der Waals surface area contributed by atoms with Crippen LogP contribution in [-0.2, 0) is 24.7 Å². The number of aromatic nitrogens is 5. The van der Waals surface area contributed by atoms with Crippen LogP contribution in [0.4, 0.5) is 4.39 Å². The zero-order chi connectivity index (χ0) is 31.1. The summed E-state index contributed by atoms with van der Waals surface area (Å²) in [4.78, 5) is 16.6. The number of carboxylic acid groups (broad SMARTS) is 1. The van der Waals surface area contributed by atoms with Crippen molar-refractivity contribution in [1.29, 1.82) is 0 Å². The van der Waals surface area contributed by atoms with Gasteiger partial charge < -0.3 is 14.9 Å². The van der Waals surface area contributed by atoms with Gasteiger partial charge in [-0.3, -0.25) is 9.48 Å². The summed E-state index contributed by atoms with van der Waals surface area (Å²) < 4.78 is 24.3. The monoisotopic (exact) mass is 585 g/mol. The number of halogens is 1. The Kier molecular flexibility index (Phi) is 8.07. The maximum Gasteiger partial charge on any atom is 0.307 e. The van der Waals surface area contributed by atoms with Crippen LogP contribution in [0, 0.1) is 19.7 Å². The number of carbonyl (C=O) groups is 1. The van der Waals surface area contributed by atoms with Crippen LogP contribution in [0.3, 0.4) is 0 Å². The molecule has 0 atom stereocenters. The van der Waals surface area contributed by atoms with E-state index in [0.717, 1.165) is 34.2 Å². The summed E-state index contributed by atoms with van der Waals surface area (Å²) >= 11 is 0. The minimum Gasteiger partial charge on any atom is -0.490 e. The largest absolute Gasteiger partial charge is 0.490 e. The molecule has 6 rings (SSSR count). The molecule has 0 fully saturated rings. The fourth-order valence-electron chi connectivity index (χ4n) is 5.27. The van der Waals surface area contributed by atoms with Crippen molar-refractivity contribution in [3.05, 3.63) is 77.0 Å². The Bertz CT molecular complexity index is 1830. The molecule has 0 saturated heterocycles. The predicted molar refractivity (Wildman–Crippen MR) is 163 cm³/mol. The molecule has 1 aliphatic heterocycles. The first-order valence-corrected chi connectivity index (χ1v) is 14.2. The molecule has 0 bridgehead atoms. The van der Waals surface area contributed by atoms with Crippen LogP contribution in [0.2, 0.25) is 0 Å². The lowest BCUT2D eigenvalue weighted by Gasteiger charge is -2.23. The molecule has 224 valence electrons. The quantitative estimate of drug-likeness (QED) is 0.262. The smallest absolute Gasteiger partial charge is 0.307 e. The second-order valence-electron chi connectivity index (χ2n) is 11.8. The Morgan fingerprint density at radius 3 is 2.51 bits per heavy atom. The molecular formula is C33H36FN5O4. The maximum absolute atomic E-state index is 15.3. The fourth-order valence-corrected chi connectivity index (χ4v) is 5.27. The van der Waals surface area contributed by atoms with E-state index in [1.54, 1.807) is 43.1 Å². The van der Waals surface area contributed by atoms with Gasteiger partial charge in [-0.05, 0) is 70.7 Å². The Morgan fingerprint density at radius 2 is 1.84 bits per heavy atom. The number of benzene rings is 2. The molecule has 0 amide bonds. The third-order valence-electron chi connectivity index (χ3n) is 7.12. The zero-order valence-corrected chi connectivity index (χ0v) is 25.3. The summed E-state index contributed by atoms with van der Waals surface area (Å²) in [6.45, 7) is 9.42. The highest BCUT2D eigenvalue weighted by Crippen LogP contribution is 2.39. The topological polar surface area (TPSA) is 115 Å². The summed E-state index contributed by atoms with van der Waals surface area (Å²) in [7, 11) is 1.87. The van der Waals surface area contributed by atoms with Crippen LogP contribution in [0.1, 0.15) is 49.6 Å². The number of fused-ring (bicyclic) bond motifs is 2. The lowest BCUT2D eigenvalue weighted by atomic mass is 9.91. The molecule has 0 radical (unpaired) electrons. The number of hydrogen-bond donors (Lipinski definition) is 2. The standard InChI is InChI=1S/C29H26FN5O3.C4H10O/c1-16-21-8-5-9-38-29(21)24(30)11-22(16)28-23(12-27(36)37)17(2)32-26-13-25(33-35(26)28)19-7-4-6-18(10-19)20-14-31-34(3)15-20;1-4(2,3)5/h4,6-7,10-11,13-15H,5,8-9,12H2,1-3H3,(H,36,37);5H,1-3H3. The summed E-state index contributed by atoms with van der Waals surface area (Å²) in [5, 5.41) is 27.4. The molecule has 0 aliphatic carbocycles. The summed E-state index contributed by atoms with van der Waals surface area (Å²) in [6.07, 6.45) is 4.98. The van der Waals surface area contributed by atoms with Crippen molar-refractivity contribution in [3.63, 3.8) is 0 Å². The van der Waals surface area contributed by atoms with E-state index >= 15 is 4.39 Å². The molecule has 1 aliphatic rings. The van der Waals surface area contributed by atoms with Crippen molar-refractivity contribution in [1.82, 2.24) is 24.4 Å². The molecule has 4 heterocycles. The summed E-state index contributed by atoms with van der Waals surface area (Å²) in [5.74, 6) is -1.17. The van der Waals surface area contributed by atoms with Crippen molar-refractivity contribution in [2.75, 3.05) is 6.61 Å². The van der Waals surface area contributed by atoms with E-state index in [4.69, 9.17) is 14.9 Å². The molecule has 0 saturated carbocycles. The van der Waals surface area contributed by atoms with E-state index in [1.807, 2.05) is 50.5 Å². The van der Waals surface area contributed by atoms with Crippen LogP contribution >= 0.6 is 0 Å². The molecule has 0 spiro atoms. The molecule has 5 aromatic rings. The minimum atomic E-state index is -0.994. The number of aryl methyl sites for hydroxylation is 2. The molecule has 43 heavy (non-hydrogen) atoms. The summed E-state index contributed by atoms with van der Waals surface area (Å²) in [5.41, 5.74) is 7.46. The van der Waals surface area contributed by atoms with Gasteiger partial charge in [-0.2, -0.15) is 10.2 Å². The van der Waals surface area contributed by atoms with Crippen LogP contribution in [0.15, 0.2) is 48.8 Å².